The number of nitrogens with zero attached hydrogens (tertiary/aromatic N) is 1. The van der Waals surface area contributed by atoms with E-state index in [0.29, 0.717) is 29.2 Å². The zero-order chi connectivity index (χ0) is 18.5. The van der Waals surface area contributed by atoms with Gasteiger partial charge in [0.15, 0.2) is 0 Å². The Kier molecular flexibility index (Phi) is 6.22. The molecule has 3 rings (SSSR count). The standard InChI is InChI=1S/C20H21ClN2O2S/c1-26-16-7-8-18(21)17(13-16)20(25)23-11-9-15(10-12-23)22-19(24)14-5-3-2-4-6-14/h2-8,13,15H,9-12H2,1H3,(H,22,24). The highest BCUT2D eigenvalue weighted by atomic mass is 35.5. The van der Waals surface area contributed by atoms with Gasteiger partial charge in [-0.25, -0.2) is 0 Å². The van der Waals surface area contributed by atoms with Crippen LogP contribution in [0.4, 0.5) is 0 Å². The molecule has 26 heavy (non-hydrogen) atoms. The summed E-state index contributed by atoms with van der Waals surface area (Å²) in [6.07, 6.45) is 3.45. The number of carbonyl (C=O) groups is 2. The molecule has 2 amide bonds. The summed E-state index contributed by atoms with van der Waals surface area (Å²) >= 11 is 7.80. The Morgan fingerprint density at radius 2 is 1.81 bits per heavy atom. The second-order valence-electron chi connectivity index (χ2n) is 6.25. The van der Waals surface area contributed by atoms with Crippen molar-refractivity contribution in [1.29, 1.82) is 0 Å². The molecule has 1 aliphatic heterocycles. The summed E-state index contributed by atoms with van der Waals surface area (Å²) in [4.78, 5) is 27.9. The van der Waals surface area contributed by atoms with Crippen molar-refractivity contribution in [3.05, 3.63) is 64.7 Å². The van der Waals surface area contributed by atoms with Crippen LogP contribution in [0.5, 0.6) is 0 Å². The average molecular weight is 389 g/mol. The average Bonchev–Trinajstić information content (AvgIpc) is 2.69. The smallest absolute Gasteiger partial charge is 0.255 e. The van der Waals surface area contributed by atoms with Gasteiger partial charge < -0.3 is 10.2 Å². The van der Waals surface area contributed by atoms with Crippen LogP contribution in [0.15, 0.2) is 53.4 Å². The van der Waals surface area contributed by atoms with E-state index in [1.165, 1.54) is 0 Å². The molecule has 2 aromatic rings. The lowest BCUT2D eigenvalue weighted by molar-refractivity contribution is 0.0698. The van der Waals surface area contributed by atoms with Gasteiger partial charge >= 0.3 is 0 Å². The minimum atomic E-state index is -0.0638. The van der Waals surface area contributed by atoms with E-state index in [1.807, 2.05) is 41.5 Å². The Labute approximate surface area is 162 Å². The highest BCUT2D eigenvalue weighted by Crippen LogP contribution is 2.25. The lowest BCUT2D eigenvalue weighted by Gasteiger charge is -2.32. The quantitative estimate of drug-likeness (QED) is 0.802. The maximum Gasteiger partial charge on any atom is 0.255 e. The van der Waals surface area contributed by atoms with Crippen molar-refractivity contribution in [2.24, 2.45) is 0 Å². The molecule has 0 saturated carbocycles. The maximum absolute atomic E-state index is 12.8. The Morgan fingerprint density at radius 1 is 1.12 bits per heavy atom. The highest BCUT2D eigenvalue weighted by molar-refractivity contribution is 7.98. The second-order valence-corrected chi connectivity index (χ2v) is 7.54. The van der Waals surface area contributed by atoms with Gasteiger partial charge in [0.25, 0.3) is 11.8 Å². The van der Waals surface area contributed by atoms with Crippen molar-refractivity contribution < 1.29 is 9.59 Å². The number of rotatable bonds is 4. The summed E-state index contributed by atoms with van der Waals surface area (Å²) < 4.78 is 0. The monoisotopic (exact) mass is 388 g/mol. The minimum absolute atomic E-state index is 0.0428. The van der Waals surface area contributed by atoms with Crippen molar-refractivity contribution in [3.63, 3.8) is 0 Å². The van der Waals surface area contributed by atoms with Crippen LogP contribution in [0.25, 0.3) is 0 Å². The molecular formula is C20H21ClN2O2S. The van der Waals surface area contributed by atoms with E-state index < -0.39 is 0 Å². The van der Waals surface area contributed by atoms with E-state index in [2.05, 4.69) is 5.32 Å². The molecule has 2 aromatic carbocycles. The molecule has 0 spiro atoms. The summed E-state index contributed by atoms with van der Waals surface area (Å²) in [6.45, 7) is 1.22. The maximum atomic E-state index is 12.8. The molecule has 1 heterocycles. The van der Waals surface area contributed by atoms with Crippen molar-refractivity contribution >= 4 is 35.2 Å². The number of hydrogen-bond donors (Lipinski definition) is 1. The first-order chi connectivity index (χ1) is 12.6. The van der Waals surface area contributed by atoms with Crippen LogP contribution in [0.2, 0.25) is 5.02 Å². The molecule has 1 N–H and O–H groups in total. The molecule has 1 fully saturated rings. The van der Waals surface area contributed by atoms with Gasteiger partial charge in [0.05, 0.1) is 10.6 Å². The third-order valence-corrected chi connectivity index (χ3v) is 5.61. The number of likely N-dealkylation sites (tertiary alicyclic amines) is 1. The van der Waals surface area contributed by atoms with E-state index in [-0.39, 0.29) is 17.9 Å². The number of benzene rings is 2. The number of piperidine rings is 1. The van der Waals surface area contributed by atoms with Crippen LogP contribution < -0.4 is 5.32 Å². The number of amides is 2. The van der Waals surface area contributed by atoms with E-state index in [4.69, 9.17) is 11.6 Å². The van der Waals surface area contributed by atoms with E-state index in [9.17, 15) is 9.59 Å². The fourth-order valence-corrected chi connectivity index (χ4v) is 3.69. The van der Waals surface area contributed by atoms with Gasteiger partial charge in [-0.15, -0.1) is 11.8 Å². The zero-order valence-electron chi connectivity index (χ0n) is 14.6. The van der Waals surface area contributed by atoms with Crippen molar-refractivity contribution in [2.45, 2.75) is 23.8 Å². The van der Waals surface area contributed by atoms with Crippen LogP contribution >= 0.6 is 23.4 Å². The first kappa shape index (κ1) is 18.8. The topological polar surface area (TPSA) is 49.4 Å². The van der Waals surface area contributed by atoms with Crippen molar-refractivity contribution in [1.82, 2.24) is 10.2 Å². The number of nitrogens with one attached hydrogen (secondary N) is 1. The number of thioether (sulfide) groups is 1. The second kappa shape index (κ2) is 8.60. The molecule has 1 saturated heterocycles. The van der Waals surface area contributed by atoms with Gasteiger partial charge in [-0.3, -0.25) is 9.59 Å². The molecule has 6 heteroatoms. The first-order valence-electron chi connectivity index (χ1n) is 8.57. The molecule has 0 aliphatic carbocycles. The van der Waals surface area contributed by atoms with Gasteiger partial charge in [0, 0.05) is 29.6 Å². The first-order valence-corrected chi connectivity index (χ1v) is 10.2. The Morgan fingerprint density at radius 3 is 2.46 bits per heavy atom. The molecule has 4 nitrogen and oxygen atoms in total. The summed E-state index contributed by atoms with van der Waals surface area (Å²) in [5.74, 6) is -0.107. The molecular weight excluding hydrogens is 368 g/mol. The Bertz CT molecular complexity index is 790. The van der Waals surface area contributed by atoms with Crippen LogP contribution in [0, 0.1) is 0 Å². The van der Waals surface area contributed by atoms with E-state index in [1.54, 1.807) is 30.0 Å². The number of carbonyl (C=O) groups excluding carboxylic acids is 2. The molecule has 0 aromatic heterocycles. The largest absolute Gasteiger partial charge is 0.349 e. The normalized spacial score (nSPS) is 14.9. The molecule has 0 atom stereocenters. The van der Waals surface area contributed by atoms with Gasteiger partial charge in [0.2, 0.25) is 0 Å². The number of hydrogen-bond acceptors (Lipinski definition) is 3. The van der Waals surface area contributed by atoms with E-state index in [0.717, 1.165) is 17.7 Å². The molecule has 0 bridgehead atoms. The lowest BCUT2D eigenvalue weighted by atomic mass is 10.0. The fourth-order valence-electron chi connectivity index (χ4n) is 3.05. The number of halogens is 1. The molecule has 136 valence electrons. The van der Waals surface area contributed by atoms with Gasteiger partial charge in [-0.1, -0.05) is 29.8 Å². The summed E-state index contributed by atoms with van der Waals surface area (Å²) in [6, 6.07) is 14.8. The third-order valence-electron chi connectivity index (χ3n) is 4.56. The molecule has 1 aliphatic rings. The Balaban J connectivity index is 1.58. The van der Waals surface area contributed by atoms with E-state index >= 15 is 0 Å². The third kappa shape index (κ3) is 4.40. The van der Waals surface area contributed by atoms with Gasteiger partial charge in [-0.2, -0.15) is 0 Å². The SMILES string of the molecule is CSc1ccc(Cl)c(C(=O)N2CCC(NC(=O)c3ccccc3)CC2)c1. The van der Waals surface area contributed by atoms with Crippen LogP contribution in [-0.2, 0) is 0 Å². The van der Waals surface area contributed by atoms with Crippen LogP contribution in [0.1, 0.15) is 33.6 Å². The lowest BCUT2D eigenvalue weighted by Crippen LogP contribution is -2.46. The summed E-state index contributed by atoms with van der Waals surface area (Å²) in [5, 5.41) is 3.54. The predicted octanol–water partition coefficient (Wildman–Crippen LogP) is 4.10. The van der Waals surface area contributed by atoms with Crippen molar-refractivity contribution in [3.8, 4) is 0 Å². The van der Waals surface area contributed by atoms with Crippen LogP contribution in [0.3, 0.4) is 0 Å². The predicted molar refractivity (Wildman–Crippen MR) is 106 cm³/mol. The van der Waals surface area contributed by atoms with Crippen LogP contribution in [-0.4, -0.2) is 42.1 Å². The van der Waals surface area contributed by atoms with Gasteiger partial charge in [-0.05, 0) is 49.4 Å². The highest BCUT2D eigenvalue weighted by Gasteiger charge is 2.26. The van der Waals surface area contributed by atoms with Crippen molar-refractivity contribution in [2.75, 3.05) is 19.3 Å². The van der Waals surface area contributed by atoms with Gasteiger partial charge in [0.1, 0.15) is 0 Å². The fraction of sp³-hybridized carbons (Fsp3) is 0.300. The molecule has 0 radical (unpaired) electrons. The Hall–Kier alpha value is -1.98. The summed E-state index contributed by atoms with van der Waals surface area (Å²) in [5.41, 5.74) is 1.21. The summed E-state index contributed by atoms with van der Waals surface area (Å²) in [7, 11) is 0. The minimum Gasteiger partial charge on any atom is -0.349 e. The molecule has 0 unspecified atom stereocenters. The zero-order valence-corrected chi connectivity index (χ0v) is 16.1.